The Labute approximate surface area is 120 Å². The molecule has 9 heteroatoms. The molecule has 2 rings (SSSR count). The van der Waals surface area contributed by atoms with Gasteiger partial charge in [-0.3, -0.25) is 14.9 Å². The first-order chi connectivity index (χ1) is 10.1. The van der Waals surface area contributed by atoms with E-state index in [0.29, 0.717) is 17.9 Å². The third kappa shape index (κ3) is 3.03. The number of non-ortho nitro benzene ring substituents is 1. The second-order valence-electron chi connectivity index (χ2n) is 4.70. The Balaban J connectivity index is 2.32. The minimum Gasteiger partial charge on any atom is -0.386 e. The van der Waals surface area contributed by atoms with Gasteiger partial charge in [-0.2, -0.15) is 0 Å². The molecule has 0 aromatic heterocycles. The van der Waals surface area contributed by atoms with Gasteiger partial charge in [-0.15, -0.1) is 0 Å². The fraction of sp³-hybridized carbons (Fsp3) is 0.417. The lowest BCUT2D eigenvalue weighted by Gasteiger charge is -2.19. The smallest absolute Gasteiger partial charge is 0.271 e. The van der Waals surface area contributed by atoms with Crippen molar-refractivity contribution in [1.29, 1.82) is 0 Å². The van der Waals surface area contributed by atoms with Crippen molar-refractivity contribution in [2.75, 3.05) is 30.4 Å². The maximum absolute atomic E-state index is 12.1. The highest BCUT2D eigenvalue weighted by Gasteiger charge is 2.32. The molecule has 21 heavy (non-hydrogen) atoms. The van der Waals surface area contributed by atoms with Gasteiger partial charge < -0.3 is 10.2 Å². The summed E-state index contributed by atoms with van der Waals surface area (Å²) in [6, 6.07) is 4.33. The number of nitrogens with zero attached hydrogens (tertiary/aromatic N) is 5. The Hall–Kier alpha value is -2.80. The van der Waals surface area contributed by atoms with E-state index >= 15 is 0 Å². The first kappa shape index (κ1) is 14.6. The minimum absolute atomic E-state index is 0.0719. The van der Waals surface area contributed by atoms with E-state index in [1.54, 1.807) is 13.1 Å². The summed E-state index contributed by atoms with van der Waals surface area (Å²) in [7, 11) is 1.68. The van der Waals surface area contributed by atoms with Crippen LogP contribution in [0.1, 0.15) is 6.42 Å². The van der Waals surface area contributed by atoms with E-state index in [4.69, 9.17) is 5.53 Å². The van der Waals surface area contributed by atoms with Crippen LogP contribution in [0.15, 0.2) is 23.3 Å². The molecule has 110 valence electrons. The van der Waals surface area contributed by atoms with Crippen LogP contribution in [0.3, 0.4) is 0 Å². The molecular formula is C12H14N6O3. The zero-order chi connectivity index (χ0) is 15.4. The van der Waals surface area contributed by atoms with E-state index in [2.05, 4.69) is 15.3 Å². The van der Waals surface area contributed by atoms with Crippen LogP contribution in [0.4, 0.5) is 17.1 Å². The molecule has 0 spiro atoms. The SMILES string of the molecule is CNc1ccc([N+](=O)[O-])cc1N1CC(CN=[N+]=[N-])CC1=O. The van der Waals surface area contributed by atoms with Crippen LogP contribution in [0.25, 0.3) is 10.4 Å². The largest absolute Gasteiger partial charge is 0.386 e. The molecule has 1 heterocycles. The predicted molar refractivity (Wildman–Crippen MR) is 77.1 cm³/mol. The second kappa shape index (κ2) is 6.10. The number of hydrogen-bond acceptors (Lipinski definition) is 5. The Bertz CT molecular complexity index is 625. The zero-order valence-corrected chi connectivity index (χ0v) is 11.4. The summed E-state index contributed by atoms with van der Waals surface area (Å²) >= 11 is 0. The molecule has 1 saturated heterocycles. The molecule has 0 aliphatic carbocycles. The molecule has 0 saturated carbocycles. The standard InChI is InChI=1S/C12H14N6O3/c1-14-10-3-2-9(18(20)21)5-11(10)17-7-8(4-12(17)19)6-15-16-13/h2-3,5,8,14H,4,6-7H2,1H3. The molecule has 1 atom stereocenters. The summed E-state index contributed by atoms with van der Waals surface area (Å²) in [5.41, 5.74) is 9.37. The Morgan fingerprint density at radius 2 is 2.38 bits per heavy atom. The van der Waals surface area contributed by atoms with Gasteiger partial charge in [-0.1, -0.05) is 5.11 Å². The number of carbonyl (C=O) groups is 1. The van der Waals surface area contributed by atoms with Crippen LogP contribution in [0.2, 0.25) is 0 Å². The monoisotopic (exact) mass is 290 g/mol. The zero-order valence-electron chi connectivity index (χ0n) is 11.4. The fourth-order valence-electron chi connectivity index (χ4n) is 2.36. The third-order valence-electron chi connectivity index (χ3n) is 3.36. The van der Waals surface area contributed by atoms with E-state index in [9.17, 15) is 14.9 Å². The molecule has 1 unspecified atom stereocenters. The molecule has 1 amide bonds. The van der Waals surface area contributed by atoms with Crippen LogP contribution in [-0.2, 0) is 4.79 Å². The normalized spacial score (nSPS) is 17.5. The highest BCUT2D eigenvalue weighted by atomic mass is 16.6. The summed E-state index contributed by atoms with van der Waals surface area (Å²) in [5.74, 6) is -0.206. The number of nitro benzene ring substituents is 1. The van der Waals surface area contributed by atoms with Crippen molar-refractivity contribution >= 4 is 23.0 Å². The number of rotatable bonds is 5. The summed E-state index contributed by atoms with van der Waals surface area (Å²) in [4.78, 5) is 26.7. The predicted octanol–water partition coefficient (Wildman–Crippen LogP) is 2.30. The molecule has 1 aliphatic rings. The molecule has 0 radical (unpaired) electrons. The van der Waals surface area contributed by atoms with Gasteiger partial charge in [-0.25, -0.2) is 0 Å². The number of nitrogens with one attached hydrogen (secondary N) is 1. The number of amides is 1. The van der Waals surface area contributed by atoms with Crippen molar-refractivity contribution in [3.8, 4) is 0 Å². The van der Waals surface area contributed by atoms with E-state index in [-0.39, 0.29) is 30.5 Å². The average Bonchev–Trinajstić information content (AvgIpc) is 2.85. The highest BCUT2D eigenvalue weighted by Crippen LogP contribution is 2.34. The molecule has 9 nitrogen and oxygen atoms in total. The second-order valence-corrected chi connectivity index (χ2v) is 4.70. The molecule has 1 fully saturated rings. The van der Waals surface area contributed by atoms with E-state index in [1.165, 1.54) is 17.0 Å². The van der Waals surface area contributed by atoms with Crippen molar-refractivity contribution in [3.63, 3.8) is 0 Å². The summed E-state index contributed by atoms with van der Waals surface area (Å²) in [6.07, 6.45) is 0.269. The van der Waals surface area contributed by atoms with Crippen LogP contribution in [0, 0.1) is 16.0 Å². The van der Waals surface area contributed by atoms with E-state index in [0.717, 1.165) is 0 Å². The van der Waals surface area contributed by atoms with Crippen molar-refractivity contribution < 1.29 is 9.72 Å². The van der Waals surface area contributed by atoms with Crippen molar-refractivity contribution in [3.05, 3.63) is 38.8 Å². The van der Waals surface area contributed by atoms with Gasteiger partial charge in [0.2, 0.25) is 5.91 Å². The lowest BCUT2D eigenvalue weighted by molar-refractivity contribution is -0.384. The summed E-state index contributed by atoms with van der Waals surface area (Å²) in [5, 5.41) is 17.3. The first-order valence-electron chi connectivity index (χ1n) is 6.34. The van der Waals surface area contributed by atoms with E-state index < -0.39 is 4.92 Å². The number of anilines is 2. The third-order valence-corrected chi connectivity index (χ3v) is 3.36. The van der Waals surface area contributed by atoms with Crippen LogP contribution in [-0.4, -0.2) is 31.0 Å². The van der Waals surface area contributed by atoms with Crippen LogP contribution >= 0.6 is 0 Å². The molecule has 1 aromatic rings. The number of nitro groups is 1. The quantitative estimate of drug-likeness (QED) is 0.293. The average molecular weight is 290 g/mol. The Morgan fingerprint density at radius 1 is 1.62 bits per heavy atom. The fourth-order valence-corrected chi connectivity index (χ4v) is 2.36. The molecule has 0 bridgehead atoms. The van der Waals surface area contributed by atoms with Gasteiger partial charge in [0, 0.05) is 43.6 Å². The van der Waals surface area contributed by atoms with Crippen molar-refractivity contribution in [1.82, 2.24) is 0 Å². The summed E-state index contributed by atoms with van der Waals surface area (Å²) < 4.78 is 0. The number of azide groups is 1. The first-order valence-corrected chi connectivity index (χ1v) is 6.34. The molecular weight excluding hydrogens is 276 g/mol. The van der Waals surface area contributed by atoms with Crippen LogP contribution in [0.5, 0.6) is 0 Å². The van der Waals surface area contributed by atoms with Gasteiger partial charge in [0.05, 0.1) is 16.3 Å². The van der Waals surface area contributed by atoms with E-state index in [1.807, 2.05) is 0 Å². The maximum Gasteiger partial charge on any atom is 0.271 e. The number of hydrogen-bond donors (Lipinski definition) is 1. The molecule has 1 aromatic carbocycles. The van der Waals surface area contributed by atoms with Gasteiger partial charge in [-0.05, 0) is 17.5 Å². The maximum atomic E-state index is 12.1. The van der Waals surface area contributed by atoms with Gasteiger partial charge in [0.25, 0.3) is 5.69 Å². The summed E-state index contributed by atoms with van der Waals surface area (Å²) in [6.45, 7) is 0.621. The lowest BCUT2D eigenvalue weighted by atomic mass is 10.1. The Kier molecular flexibility index (Phi) is 4.24. The topological polar surface area (TPSA) is 124 Å². The van der Waals surface area contributed by atoms with Gasteiger partial charge in [0.1, 0.15) is 0 Å². The van der Waals surface area contributed by atoms with Gasteiger partial charge >= 0.3 is 0 Å². The van der Waals surface area contributed by atoms with Crippen molar-refractivity contribution in [2.24, 2.45) is 11.0 Å². The number of carbonyl (C=O) groups excluding carboxylic acids is 1. The van der Waals surface area contributed by atoms with Crippen molar-refractivity contribution in [2.45, 2.75) is 6.42 Å². The van der Waals surface area contributed by atoms with Crippen LogP contribution < -0.4 is 10.2 Å². The number of benzene rings is 1. The highest BCUT2D eigenvalue weighted by molar-refractivity contribution is 5.99. The molecule has 1 aliphatic heterocycles. The Morgan fingerprint density at radius 3 is 3.00 bits per heavy atom. The molecule has 1 N–H and O–H groups in total. The lowest BCUT2D eigenvalue weighted by Crippen LogP contribution is -2.25. The van der Waals surface area contributed by atoms with Gasteiger partial charge in [0.15, 0.2) is 0 Å². The minimum atomic E-state index is -0.499.